The molecule has 2 nitrogen and oxygen atoms in total. The quantitative estimate of drug-likeness (QED) is 0.660. The molecule has 0 radical (unpaired) electrons. The molecule has 1 aromatic rings. The molecule has 0 saturated heterocycles. The minimum atomic E-state index is -0.729. The number of hydrogen-bond donors (Lipinski definition) is 2. The van der Waals surface area contributed by atoms with Crippen LogP contribution in [-0.2, 0) is 0 Å². The van der Waals surface area contributed by atoms with Crippen molar-refractivity contribution in [2.24, 2.45) is 11.5 Å². The fraction of sp³-hybridized carbons (Fsp3) is 0.250. The molecule has 0 bridgehead atoms. The van der Waals surface area contributed by atoms with E-state index in [1.165, 1.54) is 12.1 Å². The van der Waals surface area contributed by atoms with Gasteiger partial charge in [0, 0.05) is 10.6 Å². The molecule has 0 unspecified atom stereocenters. The van der Waals surface area contributed by atoms with Gasteiger partial charge in [-0.15, -0.1) is 0 Å². The molecule has 0 atom stereocenters. The number of benzene rings is 1. The molecule has 0 aliphatic carbocycles. The lowest BCUT2D eigenvalue weighted by atomic mass is 10.1. The third kappa shape index (κ3) is 1.75. The zero-order valence-electron chi connectivity index (χ0n) is 6.64. The minimum Gasteiger partial charge on any atom is -0.312 e. The third-order valence-corrected chi connectivity index (χ3v) is 1.96. The summed E-state index contributed by atoms with van der Waals surface area (Å²) in [6, 6.07) is 2.78. The van der Waals surface area contributed by atoms with Crippen molar-refractivity contribution < 1.29 is 4.39 Å². The first-order valence-corrected chi connectivity index (χ1v) is 3.87. The van der Waals surface area contributed by atoms with Crippen molar-refractivity contribution in [2.75, 3.05) is 0 Å². The Morgan fingerprint density at radius 1 is 1.42 bits per heavy atom. The minimum absolute atomic E-state index is 0.338. The molecule has 0 heterocycles. The van der Waals surface area contributed by atoms with E-state index in [4.69, 9.17) is 23.1 Å². The van der Waals surface area contributed by atoms with E-state index < -0.39 is 6.17 Å². The second-order valence-electron chi connectivity index (χ2n) is 2.65. The summed E-state index contributed by atoms with van der Waals surface area (Å²) in [6.07, 6.45) is -0.729. The molecule has 1 aromatic carbocycles. The van der Waals surface area contributed by atoms with E-state index in [0.717, 1.165) is 0 Å². The van der Waals surface area contributed by atoms with Crippen LogP contribution in [0, 0.1) is 12.7 Å². The molecule has 0 spiro atoms. The van der Waals surface area contributed by atoms with Gasteiger partial charge in [-0.1, -0.05) is 11.6 Å². The Hall–Kier alpha value is -0.640. The van der Waals surface area contributed by atoms with Crippen LogP contribution in [0.1, 0.15) is 17.3 Å². The molecular weight excluding hydrogens is 179 g/mol. The van der Waals surface area contributed by atoms with E-state index in [2.05, 4.69) is 0 Å². The Labute approximate surface area is 75.3 Å². The molecule has 0 fully saturated rings. The van der Waals surface area contributed by atoms with Gasteiger partial charge in [0.1, 0.15) is 5.82 Å². The van der Waals surface area contributed by atoms with Crippen LogP contribution in [0.4, 0.5) is 4.39 Å². The summed E-state index contributed by atoms with van der Waals surface area (Å²) in [4.78, 5) is 0. The predicted octanol–water partition coefficient (Wildman–Crippen LogP) is 1.70. The largest absolute Gasteiger partial charge is 0.312 e. The molecule has 0 aliphatic heterocycles. The number of rotatable bonds is 1. The molecule has 4 heteroatoms. The number of hydrogen-bond acceptors (Lipinski definition) is 2. The van der Waals surface area contributed by atoms with Crippen molar-refractivity contribution in [1.29, 1.82) is 0 Å². The van der Waals surface area contributed by atoms with Crippen molar-refractivity contribution in [3.05, 3.63) is 34.1 Å². The second kappa shape index (κ2) is 3.39. The van der Waals surface area contributed by atoms with Gasteiger partial charge in [0.2, 0.25) is 0 Å². The summed E-state index contributed by atoms with van der Waals surface area (Å²) < 4.78 is 12.9. The monoisotopic (exact) mass is 188 g/mol. The average molecular weight is 189 g/mol. The van der Waals surface area contributed by atoms with Gasteiger partial charge >= 0.3 is 0 Å². The lowest BCUT2D eigenvalue weighted by Crippen LogP contribution is -2.20. The van der Waals surface area contributed by atoms with E-state index >= 15 is 0 Å². The molecule has 0 saturated carbocycles. The molecule has 0 aromatic heterocycles. The van der Waals surface area contributed by atoms with Crippen molar-refractivity contribution in [3.8, 4) is 0 Å². The van der Waals surface area contributed by atoms with E-state index in [-0.39, 0.29) is 5.82 Å². The Morgan fingerprint density at radius 3 is 2.50 bits per heavy atom. The third-order valence-electron chi connectivity index (χ3n) is 1.64. The standard InChI is InChI=1S/C8H10ClFN2/c1-4-2-6(9)5(8(11)12)3-7(4)10/h2-3,8H,11-12H2,1H3. The number of nitrogens with two attached hydrogens (primary N) is 2. The summed E-state index contributed by atoms with van der Waals surface area (Å²) in [7, 11) is 0. The second-order valence-corrected chi connectivity index (χ2v) is 3.06. The van der Waals surface area contributed by atoms with Crippen molar-refractivity contribution >= 4 is 11.6 Å². The highest BCUT2D eigenvalue weighted by Gasteiger charge is 2.08. The normalized spacial score (nSPS) is 10.8. The average Bonchev–Trinajstić information content (AvgIpc) is 1.96. The van der Waals surface area contributed by atoms with Crippen molar-refractivity contribution in [3.63, 3.8) is 0 Å². The van der Waals surface area contributed by atoms with Crippen LogP contribution in [-0.4, -0.2) is 0 Å². The highest BCUT2D eigenvalue weighted by Crippen LogP contribution is 2.22. The highest BCUT2D eigenvalue weighted by atomic mass is 35.5. The van der Waals surface area contributed by atoms with Gasteiger partial charge in [0.15, 0.2) is 0 Å². The Kier molecular flexibility index (Phi) is 2.67. The van der Waals surface area contributed by atoms with Crippen LogP contribution in [0.5, 0.6) is 0 Å². The van der Waals surface area contributed by atoms with Crippen LogP contribution >= 0.6 is 11.6 Å². The highest BCUT2D eigenvalue weighted by molar-refractivity contribution is 6.31. The topological polar surface area (TPSA) is 52.0 Å². The fourth-order valence-electron chi connectivity index (χ4n) is 0.917. The summed E-state index contributed by atoms with van der Waals surface area (Å²) in [5, 5.41) is 0.406. The van der Waals surface area contributed by atoms with Gasteiger partial charge < -0.3 is 11.5 Å². The maximum atomic E-state index is 12.9. The Morgan fingerprint density at radius 2 is 2.00 bits per heavy atom. The molecule has 4 N–H and O–H groups in total. The molecule has 0 amide bonds. The van der Waals surface area contributed by atoms with Gasteiger partial charge in [0.05, 0.1) is 6.17 Å². The van der Waals surface area contributed by atoms with Crippen LogP contribution in [0.25, 0.3) is 0 Å². The number of aryl methyl sites for hydroxylation is 1. The van der Waals surface area contributed by atoms with Crippen molar-refractivity contribution in [2.45, 2.75) is 13.1 Å². The Balaban J connectivity index is 3.23. The van der Waals surface area contributed by atoms with Gasteiger partial charge in [-0.2, -0.15) is 0 Å². The number of halogens is 2. The summed E-state index contributed by atoms with van der Waals surface area (Å²) in [6.45, 7) is 1.63. The lowest BCUT2D eigenvalue weighted by molar-refractivity contribution is 0.612. The van der Waals surface area contributed by atoms with E-state index in [1.807, 2.05) is 0 Å². The lowest BCUT2D eigenvalue weighted by Gasteiger charge is -2.09. The summed E-state index contributed by atoms with van der Waals surface area (Å²) in [5.74, 6) is -0.338. The molecule has 12 heavy (non-hydrogen) atoms. The first kappa shape index (κ1) is 9.45. The van der Waals surface area contributed by atoms with Gasteiger partial charge in [-0.25, -0.2) is 4.39 Å². The summed E-state index contributed by atoms with van der Waals surface area (Å²) in [5.41, 5.74) is 11.6. The van der Waals surface area contributed by atoms with E-state index in [1.54, 1.807) is 6.92 Å². The van der Waals surface area contributed by atoms with Crippen LogP contribution in [0.15, 0.2) is 12.1 Å². The van der Waals surface area contributed by atoms with Crippen LogP contribution < -0.4 is 11.5 Å². The fourth-order valence-corrected chi connectivity index (χ4v) is 1.26. The molecular formula is C8H10ClFN2. The van der Waals surface area contributed by atoms with Gasteiger partial charge in [-0.3, -0.25) is 0 Å². The molecule has 1 rings (SSSR count). The van der Waals surface area contributed by atoms with Gasteiger partial charge in [0.25, 0.3) is 0 Å². The van der Waals surface area contributed by atoms with E-state index in [0.29, 0.717) is 16.1 Å². The van der Waals surface area contributed by atoms with Gasteiger partial charge in [-0.05, 0) is 24.6 Å². The smallest absolute Gasteiger partial charge is 0.126 e. The molecule has 0 aliphatic rings. The molecule has 66 valence electrons. The SMILES string of the molecule is Cc1cc(Cl)c(C(N)N)cc1F. The van der Waals surface area contributed by atoms with Crippen LogP contribution in [0.2, 0.25) is 5.02 Å². The zero-order chi connectivity index (χ0) is 9.30. The first-order valence-electron chi connectivity index (χ1n) is 3.49. The first-order chi connectivity index (χ1) is 5.52. The maximum Gasteiger partial charge on any atom is 0.126 e. The Bertz CT molecular complexity index is 299. The van der Waals surface area contributed by atoms with E-state index in [9.17, 15) is 4.39 Å². The predicted molar refractivity (Wildman–Crippen MR) is 47.3 cm³/mol. The maximum absolute atomic E-state index is 12.9. The van der Waals surface area contributed by atoms with Crippen molar-refractivity contribution in [1.82, 2.24) is 0 Å². The zero-order valence-corrected chi connectivity index (χ0v) is 7.40. The summed E-state index contributed by atoms with van der Waals surface area (Å²) >= 11 is 5.77. The van der Waals surface area contributed by atoms with Crippen LogP contribution in [0.3, 0.4) is 0 Å².